The van der Waals surface area contributed by atoms with Crippen LogP contribution in [-0.4, -0.2) is 0 Å². The van der Waals surface area contributed by atoms with Crippen molar-refractivity contribution >= 4 is 22.1 Å². The van der Waals surface area contributed by atoms with E-state index >= 15 is 0 Å². The molecule has 2 nitrogen and oxygen atoms in total. The van der Waals surface area contributed by atoms with Crippen LogP contribution in [0.4, 0.5) is 11.4 Å². The molecule has 0 unspecified atom stereocenters. The Morgan fingerprint density at radius 2 is 1.63 bits per heavy atom. The highest BCUT2D eigenvalue weighted by atomic mass is 14.6. The molecule has 0 aliphatic heterocycles. The predicted octanol–water partition coefficient (Wildman–Crippen LogP) is 4.52. The molecule has 102 valence electrons. The van der Waals surface area contributed by atoms with Crippen LogP contribution in [0.15, 0.2) is 30.3 Å². The smallest absolute Gasteiger partial charge is 0.0353 e. The lowest BCUT2D eigenvalue weighted by Gasteiger charge is -2.09. The van der Waals surface area contributed by atoms with Gasteiger partial charge in [-0.2, -0.15) is 0 Å². The van der Waals surface area contributed by atoms with Gasteiger partial charge in [0.25, 0.3) is 0 Å². The van der Waals surface area contributed by atoms with Crippen LogP contribution in [0.1, 0.15) is 44.6 Å². The number of aryl methyl sites for hydroxylation is 1. The van der Waals surface area contributed by atoms with E-state index in [1.54, 1.807) is 0 Å². The van der Waals surface area contributed by atoms with E-state index in [4.69, 9.17) is 11.5 Å². The van der Waals surface area contributed by atoms with E-state index in [-0.39, 0.29) is 0 Å². The predicted molar refractivity (Wildman–Crippen MR) is 85.2 cm³/mol. The summed E-state index contributed by atoms with van der Waals surface area (Å²) in [6, 6.07) is 10.3. The van der Waals surface area contributed by atoms with Crippen LogP contribution in [0, 0.1) is 0 Å². The fourth-order valence-electron chi connectivity index (χ4n) is 2.52. The first-order chi connectivity index (χ1) is 9.20. The van der Waals surface area contributed by atoms with E-state index in [2.05, 4.69) is 19.1 Å². The molecule has 0 aromatic heterocycles. The fraction of sp³-hybridized carbons (Fsp3) is 0.412. The average molecular weight is 256 g/mol. The summed E-state index contributed by atoms with van der Waals surface area (Å²) in [6.45, 7) is 2.24. The Balaban J connectivity index is 2.06. The summed E-state index contributed by atoms with van der Waals surface area (Å²) in [7, 11) is 0. The van der Waals surface area contributed by atoms with E-state index in [1.807, 2.05) is 18.2 Å². The van der Waals surface area contributed by atoms with Crippen LogP contribution in [0.25, 0.3) is 10.8 Å². The van der Waals surface area contributed by atoms with Gasteiger partial charge in [-0.3, -0.25) is 0 Å². The summed E-state index contributed by atoms with van der Waals surface area (Å²) in [6.07, 6.45) is 7.57. The molecule has 2 heteroatoms. The molecule has 0 aliphatic carbocycles. The molecule has 2 aromatic carbocycles. The van der Waals surface area contributed by atoms with Gasteiger partial charge in [-0.15, -0.1) is 0 Å². The first-order valence-electron chi connectivity index (χ1n) is 7.28. The Hall–Kier alpha value is -1.70. The Labute approximate surface area is 115 Å². The molecule has 0 atom stereocenters. The van der Waals surface area contributed by atoms with Gasteiger partial charge in [0, 0.05) is 11.4 Å². The van der Waals surface area contributed by atoms with Gasteiger partial charge in [-0.25, -0.2) is 0 Å². The third-order valence-corrected chi connectivity index (χ3v) is 3.67. The molecule has 0 spiro atoms. The van der Waals surface area contributed by atoms with E-state index in [1.165, 1.54) is 43.1 Å². The fourth-order valence-corrected chi connectivity index (χ4v) is 2.52. The van der Waals surface area contributed by atoms with Crippen LogP contribution in [0.3, 0.4) is 0 Å². The summed E-state index contributed by atoms with van der Waals surface area (Å²) < 4.78 is 0. The monoisotopic (exact) mass is 256 g/mol. The third kappa shape index (κ3) is 3.63. The lowest BCUT2D eigenvalue weighted by atomic mass is 10.00. The maximum Gasteiger partial charge on any atom is 0.0353 e. The van der Waals surface area contributed by atoms with Crippen molar-refractivity contribution < 1.29 is 0 Å². The largest absolute Gasteiger partial charge is 0.399 e. The summed E-state index contributed by atoms with van der Waals surface area (Å²) in [5, 5.41) is 2.36. The number of benzene rings is 2. The first-order valence-corrected chi connectivity index (χ1v) is 7.28. The molecule has 0 saturated carbocycles. The normalized spacial score (nSPS) is 11.0. The number of hydrogen-bond acceptors (Lipinski definition) is 2. The zero-order valence-electron chi connectivity index (χ0n) is 11.8. The van der Waals surface area contributed by atoms with Crippen molar-refractivity contribution in [3.05, 3.63) is 35.9 Å². The Kier molecular flexibility index (Phi) is 4.67. The summed E-state index contributed by atoms with van der Waals surface area (Å²) >= 11 is 0. The number of nitrogen functional groups attached to an aromatic ring is 2. The number of unbranched alkanes of at least 4 members (excludes halogenated alkanes) is 4. The second-order valence-corrected chi connectivity index (χ2v) is 5.32. The van der Waals surface area contributed by atoms with Gasteiger partial charge in [-0.1, -0.05) is 38.7 Å². The minimum atomic E-state index is 0.791. The van der Waals surface area contributed by atoms with Gasteiger partial charge >= 0.3 is 0 Å². The lowest BCUT2D eigenvalue weighted by Crippen LogP contribution is -1.95. The molecule has 0 radical (unpaired) electrons. The lowest BCUT2D eigenvalue weighted by molar-refractivity contribution is 0.633. The van der Waals surface area contributed by atoms with E-state index in [0.717, 1.165) is 23.2 Å². The highest BCUT2D eigenvalue weighted by molar-refractivity contribution is 5.89. The van der Waals surface area contributed by atoms with Crippen molar-refractivity contribution in [1.29, 1.82) is 0 Å². The van der Waals surface area contributed by atoms with Crippen LogP contribution >= 0.6 is 0 Å². The van der Waals surface area contributed by atoms with Gasteiger partial charge in [0.15, 0.2) is 0 Å². The van der Waals surface area contributed by atoms with Crippen LogP contribution in [0.2, 0.25) is 0 Å². The summed E-state index contributed by atoms with van der Waals surface area (Å²) in [5.74, 6) is 0. The van der Waals surface area contributed by atoms with Gasteiger partial charge in [0.2, 0.25) is 0 Å². The van der Waals surface area contributed by atoms with Crippen molar-refractivity contribution in [2.45, 2.75) is 45.4 Å². The first kappa shape index (κ1) is 13.7. The molecule has 2 aromatic rings. The number of nitrogens with two attached hydrogens (primary N) is 2. The third-order valence-electron chi connectivity index (χ3n) is 3.67. The van der Waals surface area contributed by atoms with Crippen LogP contribution in [0.5, 0.6) is 0 Å². The quantitative estimate of drug-likeness (QED) is 0.590. The molecule has 0 fully saturated rings. The SMILES string of the molecule is CCCCCCCc1cc2ccc(N)cc2cc1N. The molecule has 19 heavy (non-hydrogen) atoms. The molecule has 0 amide bonds. The minimum Gasteiger partial charge on any atom is -0.399 e. The number of fused-ring (bicyclic) bond motifs is 1. The molecule has 0 saturated heterocycles. The standard InChI is InChI=1S/C17H24N2/c1-2-3-4-5-6-7-14-10-13-8-9-16(18)11-15(13)12-17(14)19/h8-12H,2-7,18-19H2,1H3. The average Bonchev–Trinajstić information content (AvgIpc) is 2.39. The molecule has 0 bridgehead atoms. The summed E-state index contributed by atoms with van der Waals surface area (Å²) in [4.78, 5) is 0. The molecule has 0 aliphatic rings. The van der Waals surface area contributed by atoms with Gasteiger partial charge in [0.05, 0.1) is 0 Å². The maximum absolute atomic E-state index is 6.14. The molecular formula is C17H24N2. The van der Waals surface area contributed by atoms with E-state index in [0.29, 0.717) is 0 Å². The van der Waals surface area contributed by atoms with E-state index in [9.17, 15) is 0 Å². The van der Waals surface area contributed by atoms with Crippen molar-refractivity contribution in [1.82, 2.24) is 0 Å². The molecular weight excluding hydrogens is 232 g/mol. The van der Waals surface area contributed by atoms with Crippen LogP contribution in [-0.2, 0) is 6.42 Å². The zero-order chi connectivity index (χ0) is 13.7. The van der Waals surface area contributed by atoms with E-state index < -0.39 is 0 Å². The van der Waals surface area contributed by atoms with Crippen molar-refractivity contribution in [3.8, 4) is 0 Å². The molecule has 0 heterocycles. The van der Waals surface area contributed by atoms with Gasteiger partial charge in [0.1, 0.15) is 0 Å². The zero-order valence-corrected chi connectivity index (χ0v) is 11.8. The second-order valence-electron chi connectivity index (χ2n) is 5.32. The minimum absolute atomic E-state index is 0.791. The van der Waals surface area contributed by atoms with Gasteiger partial charge < -0.3 is 11.5 Å². The van der Waals surface area contributed by atoms with Crippen LogP contribution < -0.4 is 11.5 Å². The highest BCUT2D eigenvalue weighted by Crippen LogP contribution is 2.25. The van der Waals surface area contributed by atoms with Crippen molar-refractivity contribution in [3.63, 3.8) is 0 Å². The number of anilines is 2. The Morgan fingerprint density at radius 1 is 0.842 bits per heavy atom. The Bertz CT molecular complexity index is 546. The maximum atomic E-state index is 6.14. The number of rotatable bonds is 6. The van der Waals surface area contributed by atoms with Crippen molar-refractivity contribution in [2.75, 3.05) is 11.5 Å². The van der Waals surface area contributed by atoms with Crippen molar-refractivity contribution in [2.24, 2.45) is 0 Å². The molecule has 4 N–H and O–H groups in total. The topological polar surface area (TPSA) is 52.0 Å². The molecule has 2 rings (SSSR count). The van der Waals surface area contributed by atoms with Gasteiger partial charge in [-0.05, 0) is 53.4 Å². The second kappa shape index (κ2) is 6.46. The summed E-state index contributed by atoms with van der Waals surface area (Å²) in [5.41, 5.74) is 14.9. The Morgan fingerprint density at radius 3 is 2.42 bits per heavy atom. The highest BCUT2D eigenvalue weighted by Gasteiger charge is 2.03. The number of hydrogen-bond donors (Lipinski definition) is 2.